The van der Waals surface area contributed by atoms with E-state index < -0.39 is 24.8 Å². The normalized spacial score (nSPS) is 12.4. The molecular formula is C99H122Br3Cl2N17O10S3. The molecule has 0 saturated carbocycles. The number of nitrogens with zero attached hydrogens (tertiary/aromatic N) is 4. The highest BCUT2D eigenvalue weighted by Gasteiger charge is 2.29. The van der Waals surface area contributed by atoms with Crippen LogP contribution in [0, 0.1) is 57.6 Å². The summed E-state index contributed by atoms with van der Waals surface area (Å²) in [6.07, 6.45) is 2.82. The van der Waals surface area contributed by atoms with E-state index in [1.807, 2.05) is 94.4 Å². The number of carbonyl (C=O) groups excluding carboxylic acids is 3. The Kier molecular flexibility index (Phi) is 41.6. The Morgan fingerprint density at radius 1 is 0.604 bits per heavy atom. The Balaban J connectivity index is 0.000000237. The summed E-state index contributed by atoms with van der Waals surface area (Å²) in [7, 11) is -4.81. The summed E-state index contributed by atoms with van der Waals surface area (Å²) in [6.45, 7) is 33.3. The van der Waals surface area contributed by atoms with E-state index in [0.717, 1.165) is 61.7 Å². The second kappa shape index (κ2) is 50.0. The second-order valence-corrected chi connectivity index (χ2v) is 43.0. The SMILES string of the molecule is CC(C)(C)c1cc(C(C)(C)C)c(N)c(C(C)(C)C)c1.COc1cc2nc(C)sc2cc1N.Cc1ccc(Cc2ccc(N)c(N)c2)cc1N.Cc1ccc(NC(=O)c2ccc(C(=O)Nc3ccc(N)cc3Cl)cc2)c(Cl)c1.Cc1ccc2ccccc2c1Br.Cc1cccc(C(=O)CN)c1.Cc1ncc([N+](=O)[O-])n1CCN.NCC1CCS(=O)(=O)C1.Nc1cc(Br)c(S(N)(=O)=O)c(Br)c1. The van der Waals surface area contributed by atoms with Crippen LogP contribution in [0.25, 0.3) is 21.0 Å². The largest absolute Gasteiger partial charge is 0.495 e. The molecule has 27 nitrogen and oxygen atoms in total. The van der Waals surface area contributed by atoms with Gasteiger partial charge in [0.1, 0.15) is 23.4 Å². The predicted octanol–water partition coefficient (Wildman–Crippen LogP) is 21.0. The van der Waals surface area contributed by atoms with Gasteiger partial charge in [-0.15, -0.1) is 11.3 Å². The molecule has 24 N–H and O–H groups in total. The lowest BCUT2D eigenvalue weighted by atomic mass is 9.74. The molecule has 0 aliphatic carbocycles. The standard InChI is InChI=1S/C21H17Cl2N3O2.C18H31N.C14H17N3.C11H9Br.C9H10N2OS.C9H11NO.C6H6Br2N2O2S.C6H10N4O2.C5H11NO2S/c1-12-2-8-18(16(22)10-12)25-20(27)13-3-5-14(6-4-13)21(28)26-19-9-7-15(24)11-17(19)23;1-16(2,3)12-10-13(17(4,5)6)15(19)14(11-12)18(7,8)9;1-9-2-3-10(7-13(9)16)6-11-4-5-12(15)14(17)8-11;1-8-6-7-9-4-2-3-5-10(9)11(8)12;1-5-11-7-4-8(12-2)6(10)3-9(7)13-5;1-7-3-2-4-8(5-7)9(11)6-10;7-4-1-3(9)2-5(8)6(4)13(10,11)12;1-5-8-4-6(10(11)12)9(5)3-2-7;6-3-5-1-2-9(7,8)4-5/h2-11H,24H2,1H3,(H,25,27)(H,26,28);10-11H,19H2,1-9H3;2-5,7-8H,6,15-17H2,1H3;2-7H,1H3;3-4H,10H2,1-2H3;2-5H,6,10H2,1H3;1-2H,9H2,(H2,10,11,12);4H,2-3,7H2,1H3;5H,1-4,6H2. The lowest BCUT2D eigenvalue weighted by molar-refractivity contribution is -0.392. The highest BCUT2D eigenvalue weighted by atomic mass is 79.9. The van der Waals surface area contributed by atoms with Crippen molar-refractivity contribution >= 4 is 198 Å². The number of imidazole rings is 1. The number of sulfone groups is 1. The fourth-order valence-electron chi connectivity index (χ4n) is 13.1. The fourth-order valence-corrected chi connectivity index (χ4v) is 20.1. The van der Waals surface area contributed by atoms with Crippen molar-refractivity contribution in [3.05, 3.63) is 311 Å². The van der Waals surface area contributed by atoms with E-state index in [-0.39, 0.29) is 57.0 Å². The van der Waals surface area contributed by atoms with Gasteiger partial charge < -0.3 is 82.8 Å². The first-order chi connectivity index (χ1) is 62.5. The number of hydrogen-bond acceptors (Lipinski definition) is 23. The summed E-state index contributed by atoms with van der Waals surface area (Å²) in [5.41, 5.74) is 75.6. The number of rotatable bonds is 14. The number of hydrogen-bond donors (Lipinski definition) is 13. The van der Waals surface area contributed by atoms with Crippen LogP contribution in [-0.4, -0.2) is 92.1 Å². The van der Waals surface area contributed by atoms with E-state index >= 15 is 0 Å². The Hall–Kier alpha value is -11.1. The highest BCUT2D eigenvalue weighted by molar-refractivity contribution is 9.11. The van der Waals surface area contributed by atoms with Gasteiger partial charge >= 0.3 is 5.82 Å². The second-order valence-electron chi connectivity index (χ2n) is 34.7. The van der Waals surface area contributed by atoms with Crippen molar-refractivity contribution in [2.75, 3.05) is 89.0 Å². The predicted molar refractivity (Wildman–Crippen MR) is 567 cm³/mol. The number of Topliss-reactive ketones (excluding diaryl/α,β-unsaturated/α-hetero) is 1. The van der Waals surface area contributed by atoms with Crippen LogP contribution in [0.1, 0.15) is 161 Å². The first kappa shape index (κ1) is 112. The molecule has 0 radical (unpaired) electrons. The van der Waals surface area contributed by atoms with Crippen LogP contribution in [-0.2, 0) is 49.1 Å². The third-order valence-corrected chi connectivity index (χ3v) is 27.8. The summed E-state index contributed by atoms with van der Waals surface area (Å²) < 4.78 is 53.2. The number of nitrogen functional groups attached to an aromatic ring is 7. The number of ether oxygens (including phenoxy) is 1. The van der Waals surface area contributed by atoms with Crippen LogP contribution in [0.3, 0.4) is 0 Å². The molecule has 1 aliphatic rings. The number of halogens is 5. The van der Waals surface area contributed by atoms with Gasteiger partial charge in [-0.3, -0.25) is 14.4 Å². The van der Waals surface area contributed by atoms with Gasteiger partial charge in [-0.05, 0) is 281 Å². The maximum Gasteiger partial charge on any atom is 0.342 e. The molecular weight excluding hydrogens is 1990 g/mol. The number of sulfonamides is 1. The van der Waals surface area contributed by atoms with Gasteiger partial charge in [-0.2, -0.15) is 0 Å². The van der Waals surface area contributed by atoms with Crippen LogP contribution < -0.4 is 77.8 Å². The molecule has 716 valence electrons. The fraction of sp³-hybridized carbons (Fsp3) is 0.283. The number of amides is 2. The Morgan fingerprint density at radius 2 is 1.15 bits per heavy atom. The molecule has 1 atom stereocenters. The zero-order valence-electron chi connectivity index (χ0n) is 78.1. The molecule has 1 fully saturated rings. The quantitative estimate of drug-likeness (QED) is 0.0208. The Morgan fingerprint density at radius 3 is 1.63 bits per heavy atom. The molecule has 13 aromatic rings. The van der Waals surface area contributed by atoms with E-state index in [2.05, 4.69) is 192 Å². The van der Waals surface area contributed by atoms with Crippen LogP contribution in [0.5, 0.6) is 5.75 Å². The maximum absolute atomic E-state index is 12.4. The number of primary sulfonamides is 1. The van der Waals surface area contributed by atoms with Crippen molar-refractivity contribution in [3.8, 4) is 5.75 Å². The van der Waals surface area contributed by atoms with Gasteiger partial charge in [0.2, 0.25) is 10.0 Å². The van der Waals surface area contributed by atoms with Crippen LogP contribution in [0.4, 0.5) is 57.0 Å². The molecule has 2 amide bonds. The van der Waals surface area contributed by atoms with E-state index in [1.165, 1.54) is 66.0 Å². The van der Waals surface area contributed by atoms with Gasteiger partial charge in [0, 0.05) is 72.4 Å². The lowest BCUT2D eigenvalue weighted by Crippen LogP contribution is -2.23. The topological polar surface area (TPSA) is 513 Å². The number of aryl methyl sites for hydroxylation is 6. The maximum atomic E-state index is 12.4. The first-order valence-corrected chi connectivity index (χ1v) is 49.5. The van der Waals surface area contributed by atoms with Crippen molar-refractivity contribution in [3.63, 3.8) is 0 Å². The molecule has 3 heterocycles. The third-order valence-electron chi connectivity index (χ3n) is 20.6. The minimum Gasteiger partial charge on any atom is -0.495 e. The van der Waals surface area contributed by atoms with Crippen LogP contribution in [0.2, 0.25) is 10.0 Å². The minimum absolute atomic E-state index is 0.00157. The van der Waals surface area contributed by atoms with Crippen molar-refractivity contribution in [1.29, 1.82) is 0 Å². The minimum atomic E-state index is -3.73. The number of aromatic nitrogens is 3. The number of nitrogens with two attached hydrogens (primary N) is 11. The number of methoxy groups -OCH3 is 1. The zero-order chi connectivity index (χ0) is 100. The van der Waals surface area contributed by atoms with Crippen molar-refractivity contribution in [1.82, 2.24) is 14.5 Å². The van der Waals surface area contributed by atoms with E-state index in [1.54, 1.807) is 86.0 Å². The Labute approximate surface area is 825 Å². The summed E-state index contributed by atoms with van der Waals surface area (Å²) >= 11 is 23.6. The van der Waals surface area contributed by atoms with Gasteiger partial charge in [0.25, 0.3) is 11.8 Å². The van der Waals surface area contributed by atoms with Gasteiger partial charge in [-0.1, -0.05) is 182 Å². The summed E-state index contributed by atoms with van der Waals surface area (Å²) in [4.78, 5) is 53.9. The van der Waals surface area contributed by atoms with Crippen molar-refractivity contribution in [2.45, 2.75) is 144 Å². The first-order valence-electron chi connectivity index (χ1n) is 42.2. The average Bonchev–Trinajstić information content (AvgIpc) is 0.910. The third kappa shape index (κ3) is 34.1. The number of benzene rings is 11. The number of nitro groups is 1. The monoisotopic (exact) mass is 2110 g/mol. The number of ketones is 1. The highest BCUT2D eigenvalue weighted by Crippen LogP contribution is 2.41. The lowest BCUT2D eigenvalue weighted by Gasteiger charge is -2.32. The van der Waals surface area contributed by atoms with Crippen molar-refractivity contribution < 1.29 is 40.9 Å². The van der Waals surface area contributed by atoms with E-state index in [9.17, 15) is 41.3 Å². The summed E-state index contributed by atoms with van der Waals surface area (Å²) in [5, 5.41) is 25.3. The molecule has 0 spiro atoms. The average molecular weight is 2120 g/mol. The van der Waals surface area contributed by atoms with Crippen LogP contribution in [0.15, 0.2) is 219 Å². The number of anilines is 9. The number of thiazole rings is 1. The molecule has 134 heavy (non-hydrogen) atoms. The number of nitrogens with one attached hydrogen (secondary N) is 2. The molecule has 35 heteroatoms. The number of fused-ring (bicyclic) bond motifs is 2. The molecule has 2 aromatic heterocycles. The van der Waals surface area contributed by atoms with Crippen LogP contribution >= 0.6 is 82.3 Å². The van der Waals surface area contributed by atoms with Gasteiger partial charge in [-0.25, -0.2) is 36.5 Å². The molecule has 14 rings (SSSR count). The zero-order valence-corrected chi connectivity index (χ0v) is 86.8. The van der Waals surface area contributed by atoms with E-state index in [0.29, 0.717) is 118 Å². The van der Waals surface area contributed by atoms with Gasteiger partial charge in [0.05, 0.1) is 78.9 Å². The molecule has 0 bridgehead atoms. The molecule has 11 aromatic carbocycles. The van der Waals surface area contributed by atoms with Crippen molar-refractivity contribution in [2.24, 2.45) is 28.3 Å². The Bertz CT molecular complexity index is 6350. The van der Waals surface area contributed by atoms with Gasteiger partial charge in [0.15, 0.2) is 21.4 Å². The molecule has 1 saturated heterocycles. The summed E-state index contributed by atoms with van der Waals surface area (Å²) in [6, 6.07) is 59.7. The number of carbonyl (C=O) groups is 3. The summed E-state index contributed by atoms with van der Waals surface area (Å²) in [5.74, 6) is 1.52. The van der Waals surface area contributed by atoms with E-state index in [4.69, 9.17) is 90.4 Å². The smallest absolute Gasteiger partial charge is 0.342 e. The molecule has 1 aliphatic heterocycles. The molecule has 1 unspecified atom stereocenters.